The summed E-state index contributed by atoms with van der Waals surface area (Å²) in [6.45, 7) is 1.90. The molecule has 0 amide bonds. The smallest absolute Gasteiger partial charge is 0.356 e. The molecule has 1 aromatic carbocycles. The fourth-order valence-corrected chi connectivity index (χ4v) is 2.24. The Morgan fingerprint density at radius 3 is 2.84 bits per heavy atom. The Morgan fingerprint density at radius 1 is 1.37 bits per heavy atom. The average molecular weight is 255 g/mol. The number of nitrogens with zero attached hydrogens (tertiary/aromatic N) is 1. The number of aromatic nitrogens is 3. The van der Waals surface area contributed by atoms with E-state index in [1.165, 1.54) is 0 Å². The fourth-order valence-electron chi connectivity index (χ4n) is 2.24. The van der Waals surface area contributed by atoms with E-state index in [4.69, 9.17) is 5.11 Å². The van der Waals surface area contributed by atoms with Gasteiger partial charge in [-0.05, 0) is 12.5 Å². The SMILES string of the molecule is CCc1[nH]c(-c2c[nH]c3ccccc23)nc1C(=O)O. The van der Waals surface area contributed by atoms with Crippen molar-refractivity contribution in [2.45, 2.75) is 13.3 Å². The molecule has 3 aromatic rings. The van der Waals surface area contributed by atoms with Crippen molar-refractivity contribution in [1.29, 1.82) is 0 Å². The number of imidazole rings is 1. The number of fused-ring (bicyclic) bond motifs is 1. The minimum absolute atomic E-state index is 0.0998. The second-order valence-electron chi connectivity index (χ2n) is 4.32. The van der Waals surface area contributed by atoms with Crippen LogP contribution in [0.4, 0.5) is 0 Å². The maximum atomic E-state index is 11.1. The normalized spacial score (nSPS) is 11.0. The summed E-state index contributed by atoms with van der Waals surface area (Å²) < 4.78 is 0. The summed E-state index contributed by atoms with van der Waals surface area (Å²) in [5.41, 5.74) is 2.64. The second-order valence-corrected chi connectivity index (χ2v) is 4.32. The van der Waals surface area contributed by atoms with Gasteiger partial charge in [0, 0.05) is 28.4 Å². The molecule has 0 spiro atoms. The van der Waals surface area contributed by atoms with Gasteiger partial charge in [0.25, 0.3) is 0 Å². The van der Waals surface area contributed by atoms with Crippen LogP contribution >= 0.6 is 0 Å². The van der Waals surface area contributed by atoms with Gasteiger partial charge in [0.05, 0.1) is 0 Å². The molecule has 2 heterocycles. The molecule has 0 aliphatic heterocycles. The van der Waals surface area contributed by atoms with Crippen LogP contribution in [-0.2, 0) is 6.42 Å². The van der Waals surface area contributed by atoms with Crippen LogP contribution in [0.2, 0.25) is 0 Å². The maximum absolute atomic E-state index is 11.1. The summed E-state index contributed by atoms with van der Waals surface area (Å²) in [5.74, 6) is -0.411. The lowest BCUT2D eigenvalue weighted by Crippen LogP contribution is -2.00. The van der Waals surface area contributed by atoms with Gasteiger partial charge in [-0.1, -0.05) is 25.1 Å². The van der Waals surface area contributed by atoms with E-state index in [-0.39, 0.29) is 5.69 Å². The van der Waals surface area contributed by atoms with Crippen LogP contribution < -0.4 is 0 Å². The topological polar surface area (TPSA) is 81.8 Å². The molecular weight excluding hydrogens is 242 g/mol. The van der Waals surface area contributed by atoms with E-state index in [0.717, 1.165) is 16.5 Å². The van der Waals surface area contributed by atoms with Crippen LogP contribution in [0, 0.1) is 0 Å². The van der Waals surface area contributed by atoms with Crippen LogP contribution in [0.15, 0.2) is 30.5 Å². The van der Waals surface area contributed by atoms with Crippen LogP contribution in [0.1, 0.15) is 23.1 Å². The summed E-state index contributed by atoms with van der Waals surface area (Å²) in [6.07, 6.45) is 2.45. The van der Waals surface area contributed by atoms with Crippen molar-refractivity contribution < 1.29 is 9.90 Å². The minimum atomic E-state index is -1.00. The Labute approximate surface area is 109 Å². The average Bonchev–Trinajstić information content (AvgIpc) is 3.01. The highest BCUT2D eigenvalue weighted by atomic mass is 16.4. The third-order valence-corrected chi connectivity index (χ3v) is 3.18. The summed E-state index contributed by atoms with van der Waals surface area (Å²) in [5, 5.41) is 10.2. The quantitative estimate of drug-likeness (QED) is 0.673. The number of aromatic carboxylic acids is 1. The van der Waals surface area contributed by atoms with Gasteiger partial charge in [-0.25, -0.2) is 9.78 Å². The Balaban J connectivity index is 2.19. The molecule has 3 N–H and O–H groups in total. The number of hydrogen-bond acceptors (Lipinski definition) is 2. The summed E-state index contributed by atoms with van der Waals surface area (Å²) in [6, 6.07) is 7.85. The lowest BCUT2D eigenvalue weighted by molar-refractivity contribution is 0.0690. The van der Waals surface area contributed by atoms with Gasteiger partial charge in [0.15, 0.2) is 5.69 Å². The summed E-state index contributed by atoms with van der Waals surface area (Å²) in [4.78, 5) is 21.6. The maximum Gasteiger partial charge on any atom is 0.356 e. The van der Waals surface area contributed by atoms with Crippen LogP contribution in [-0.4, -0.2) is 26.0 Å². The lowest BCUT2D eigenvalue weighted by Gasteiger charge is -1.93. The number of aryl methyl sites for hydroxylation is 1. The Kier molecular flexibility index (Phi) is 2.59. The number of nitrogens with one attached hydrogen (secondary N) is 2. The highest BCUT2D eigenvalue weighted by molar-refractivity contribution is 5.95. The van der Waals surface area contributed by atoms with Gasteiger partial charge < -0.3 is 15.1 Å². The van der Waals surface area contributed by atoms with Crippen molar-refractivity contribution in [3.8, 4) is 11.4 Å². The number of aromatic amines is 2. The molecule has 0 saturated heterocycles. The van der Waals surface area contributed by atoms with Gasteiger partial charge in [-0.15, -0.1) is 0 Å². The minimum Gasteiger partial charge on any atom is -0.476 e. The van der Waals surface area contributed by atoms with E-state index in [0.29, 0.717) is 17.9 Å². The standard InChI is InChI=1S/C14H13N3O2/c1-2-10-12(14(18)19)17-13(16-10)9-7-15-11-6-4-3-5-8(9)11/h3-7,15H,2H2,1H3,(H,16,17)(H,18,19). The Hall–Kier alpha value is -2.56. The first-order valence-corrected chi connectivity index (χ1v) is 6.09. The molecule has 0 unspecified atom stereocenters. The van der Waals surface area contributed by atoms with Crippen molar-refractivity contribution >= 4 is 16.9 Å². The molecule has 0 aliphatic rings. The Bertz CT molecular complexity index is 755. The molecule has 19 heavy (non-hydrogen) atoms. The summed E-state index contributed by atoms with van der Waals surface area (Å²) >= 11 is 0. The third kappa shape index (κ3) is 1.79. The zero-order chi connectivity index (χ0) is 13.4. The number of hydrogen-bond donors (Lipinski definition) is 3. The Morgan fingerprint density at radius 2 is 2.16 bits per heavy atom. The molecule has 0 fully saturated rings. The molecular formula is C14H13N3O2. The zero-order valence-corrected chi connectivity index (χ0v) is 10.4. The molecule has 5 nitrogen and oxygen atoms in total. The van der Waals surface area contributed by atoms with E-state index in [2.05, 4.69) is 15.0 Å². The molecule has 2 aromatic heterocycles. The first-order chi connectivity index (χ1) is 9.20. The van der Waals surface area contributed by atoms with Crippen molar-refractivity contribution in [2.24, 2.45) is 0 Å². The molecule has 96 valence electrons. The number of benzene rings is 1. The molecule has 0 saturated carbocycles. The molecule has 0 aliphatic carbocycles. The lowest BCUT2D eigenvalue weighted by atomic mass is 10.2. The number of rotatable bonds is 3. The molecule has 0 radical (unpaired) electrons. The van der Waals surface area contributed by atoms with E-state index in [9.17, 15) is 4.79 Å². The van der Waals surface area contributed by atoms with Gasteiger partial charge in [0.2, 0.25) is 0 Å². The number of para-hydroxylation sites is 1. The first-order valence-electron chi connectivity index (χ1n) is 6.09. The molecule has 5 heteroatoms. The number of carboxylic acids is 1. The number of H-pyrrole nitrogens is 2. The van der Waals surface area contributed by atoms with E-state index in [1.54, 1.807) is 0 Å². The van der Waals surface area contributed by atoms with E-state index >= 15 is 0 Å². The predicted molar refractivity (Wildman–Crippen MR) is 72.2 cm³/mol. The first kappa shape index (κ1) is 11.5. The van der Waals surface area contributed by atoms with Gasteiger partial charge in [-0.3, -0.25) is 0 Å². The third-order valence-electron chi connectivity index (χ3n) is 3.18. The monoisotopic (exact) mass is 255 g/mol. The van der Waals surface area contributed by atoms with Crippen LogP contribution in [0.3, 0.4) is 0 Å². The second kappa shape index (κ2) is 4.28. The number of carboxylic acid groups (broad SMARTS) is 1. The van der Waals surface area contributed by atoms with Crippen molar-refractivity contribution in [3.63, 3.8) is 0 Å². The van der Waals surface area contributed by atoms with Gasteiger partial charge >= 0.3 is 5.97 Å². The largest absolute Gasteiger partial charge is 0.476 e. The number of carbonyl (C=O) groups is 1. The summed E-state index contributed by atoms with van der Waals surface area (Å²) in [7, 11) is 0. The molecule has 0 bridgehead atoms. The van der Waals surface area contributed by atoms with E-state index < -0.39 is 5.97 Å². The van der Waals surface area contributed by atoms with Gasteiger partial charge in [0.1, 0.15) is 5.82 Å². The van der Waals surface area contributed by atoms with Crippen LogP contribution in [0.5, 0.6) is 0 Å². The molecule has 0 atom stereocenters. The van der Waals surface area contributed by atoms with E-state index in [1.807, 2.05) is 37.4 Å². The van der Waals surface area contributed by atoms with Crippen molar-refractivity contribution in [2.75, 3.05) is 0 Å². The van der Waals surface area contributed by atoms with Crippen LogP contribution in [0.25, 0.3) is 22.3 Å². The van der Waals surface area contributed by atoms with Crippen molar-refractivity contribution in [1.82, 2.24) is 15.0 Å². The van der Waals surface area contributed by atoms with Gasteiger partial charge in [-0.2, -0.15) is 0 Å². The molecule has 3 rings (SSSR count). The fraction of sp³-hybridized carbons (Fsp3) is 0.143. The predicted octanol–water partition coefficient (Wildman–Crippen LogP) is 2.82. The highest BCUT2D eigenvalue weighted by Gasteiger charge is 2.17. The van der Waals surface area contributed by atoms with Crippen molar-refractivity contribution in [3.05, 3.63) is 41.9 Å². The highest BCUT2D eigenvalue weighted by Crippen LogP contribution is 2.27. The zero-order valence-electron chi connectivity index (χ0n) is 10.4.